The molecule has 0 aromatic rings. The summed E-state index contributed by atoms with van der Waals surface area (Å²) in [6.45, 7) is 9.97. The van der Waals surface area contributed by atoms with Gasteiger partial charge in [-0.3, -0.25) is 0 Å². The van der Waals surface area contributed by atoms with Crippen molar-refractivity contribution >= 4 is 0 Å². The van der Waals surface area contributed by atoms with Crippen LogP contribution >= 0.6 is 0 Å². The highest BCUT2D eigenvalue weighted by molar-refractivity contribution is 4.50. The zero-order chi connectivity index (χ0) is 26.8. The molecule has 0 saturated carbocycles. The van der Waals surface area contributed by atoms with Crippen LogP contribution in [0.25, 0.3) is 0 Å². The minimum absolute atomic E-state index is 0. The van der Waals surface area contributed by atoms with Gasteiger partial charge in [0.05, 0.1) is 41.3 Å². The topological polar surface area (TPSA) is 0 Å². The van der Waals surface area contributed by atoms with E-state index in [2.05, 4.69) is 42.0 Å². The third-order valence-electron chi connectivity index (χ3n) is 8.54. The number of hydrogen-bond acceptors (Lipinski definition) is 0. The van der Waals surface area contributed by atoms with Crippen molar-refractivity contribution in [1.82, 2.24) is 0 Å². The molecule has 4 heteroatoms. The molecule has 0 aromatic carbocycles. The van der Waals surface area contributed by atoms with Crippen LogP contribution < -0.4 is 34.0 Å². The van der Waals surface area contributed by atoms with Crippen LogP contribution in [0.5, 0.6) is 0 Å². The van der Waals surface area contributed by atoms with Crippen molar-refractivity contribution in [2.24, 2.45) is 0 Å². The van der Waals surface area contributed by atoms with Crippen molar-refractivity contribution in [3.05, 3.63) is 0 Å². The van der Waals surface area contributed by atoms with E-state index < -0.39 is 0 Å². The lowest BCUT2D eigenvalue weighted by Gasteiger charge is -2.36. The van der Waals surface area contributed by atoms with E-state index in [1.54, 1.807) is 0 Å². The summed E-state index contributed by atoms with van der Waals surface area (Å²) in [6, 6.07) is 0. The van der Waals surface area contributed by atoms with E-state index in [9.17, 15) is 0 Å². The third kappa shape index (κ3) is 33.1. The van der Waals surface area contributed by atoms with Gasteiger partial charge in [-0.2, -0.15) is 0 Å². The molecule has 0 N–H and O–H groups in total. The quantitative estimate of drug-likeness (QED) is 0.0810. The van der Waals surface area contributed by atoms with Crippen molar-refractivity contribution in [3.8, 4) is 0 Å². The molecule has 0 radical (unpaired) electrons. The number of quaternary nitrogens is 2. The van der Waals surface area contributed by atoms with Gasteiger partial charge < -0.3 is 42.9 Å². The highest BCUT2D eigenvalue weighted by Gasteiger charge is 2.22. The minimum Gasteiger partial charge on any atom is -1.00 e. The van der Waals surface area contributed by atoms with Crippen LogP contribution in [0.3, 0.4) is 0 Å². The number of rotatable bonds is 29. The van der Waals surface area contributed by atoms with Crippen LogP contribution in [0, 0.1) is 0 Å². The maximum atomic E-state index is 2.46. The Labute approximate surface area is 264 Å². The van der Waals surface area contributed by atoms with Crippen LogP contribution in [0.15, 0.2) is 0 Å². The molecule has 0 bridgehead atoms. The molecule has 0 spiro atoms. The molecular formula is C34H74Br2N2. The van der Waals surface area contributed by atoms with Crippen LogP contribution in [0.1, 0.15) is 168 Å². The highest BCUT2D eigenvalue weighted by Crippen LogP contribution is 2.15. The molecule has 0 aromatic heterocycles. The van der Waals surface area contributed by atoms with Gasteiger partial charge in [0.25, 0.3) is 0 Å². The zero-order valence-corrected chi connectivity index (χ0v) is 30.6. The number of unbranched alkanes of at least 4 members (excludes halogenated alkanes) is 22. The van der Waals surface area contributed by atoms with Gasteiger partial charge >= 0.3 is 0 Å². The zero-order valence-electron chi connectivity index (χ0n) is 27.4. The lowest BCUT2D eigenvalue weighted by atomic mass is 10.1. The van der Waals surface area contributed by atoms with E-state index in [0.717, 1.165) is 0 Å². The molecule has 0 unspecified atom stereocenters. The molecule has 0 heterocycles. The second kappa shape index (κ2) is 30.8. The Bertz CT molecular complexity index is 400. The van der Waals surface area contributed by atoms with E-state index in [4.69, 9.17) is 0 Å². The van der Waals surface area contributed by atoms with Crippen molar-refractivity contribution in [1.29, 1.82) is 0 Å². The van der Waals surface area contributed by atoms with Gasteiger partial charge in [-0.15, -0.1) is 0 Å². The van der Waals surface area contributed by atoms with Crippen LogP contribution in [0.2, 0.25) is 0 Å². The second-order valence-corrected chi connectivity index (χ2v) is 13.5. The maximum absolute atomic E-state index is 2.46. The predicted molar refractivity (Wildman–Crippen MR) is 166 cm³/mol. The molecule has 0 aliphatic carbocycles. The molecule has 38 heavy (non-hydrogen) atoms. The fourth-order valence-corrected chi connectivity index (χ4v) is 5.53. The molecule has 0 saturated heterocycles. The first-order valence-corrected chi connectivity index (χ1v) is 17.0. The standard InChI is InChI=1S/C34H74N2.2BrH/c1-7-9-11-13-15-17-19-21-23-25-27-29-31-35(3,4)33-34-36(5,6)32-30-28-26-24-22-20-18-16-14-12-10-8-2;;/h7-34H2,1-6H3;2*1H/q+2;;/p-2. The average molecular weight is 671 g/mol. The van der Waals surface area contributed by atoms with Gasteiger partial charge in [-0.1, -0.05) is 142 Å². The summed E-state index contributed by atoms with van der Waals surface area (Å²) in [5.41, 5.74) is 0. The molecular weight excluding hydrogens is 596 g/mol. The van der Waals surface area contributed by atoms with Crippen LogP contribution in [-0.4, -0.2) is 63.3 Å². The minimum atomic E-state index is 0. The first-order chi connectivity index (χ1) is 17.3. The molecule has 0 aliphatic heterocycles. The van der Waals surface area contributed by atoms with E-state index in [-0.39, 0.29) is 34.0 Å². The molecule has 0 rings (SSSR count). The Kier molecular flexibility index (Phi) is 35.2. The molecule has 0 amide bonds. The summed E-state index contributed by atoms with van der Waals surface area (Å²) in [4.78, 5) is 0. The van der Waals surface area contributed by atoms with Gasteiger partial charge in [-0.05, 0) is 25.7 Å². The summed E-state index contributed by atoms with van der Waals surface area (Å²) in [5.74, 6) is 0. The monoisotopic (exact) mass is 668 g/mol. The Morgan fingerprint density at radius 2 is 0.447 bits per heavy atom. The Morgan fingerprint density at radius 3 is 0.658 bits per heavy atom. The Hall–Kier alpha value is 0.880. The molecule has 0 fully saturated rings. The number of nitrogens with zero attached hydrogens (tertiary/aromatic N) is 2. The molecule has 0 atom stereocenters. The van der Waals surface area contributed by atoms with E-state index >= 15 is 0 Å². The summed E-state index contributed by atoms with van der Waals surface area (Å²) in [5, 5.41) is 0. The SMILES string of the molecule is CCCCCCCCCCCCCC[N+](C)(C)CC[N+](C)(C)CCCCCCCCCCCCCC.[Br-].[Br-]. The average Bonchev–Trinajstić information content (AvgIpc) is 2.84. The Balaban J connectivity index is -0.00000612. The van der Waals surface area contributed by atoms with E-state index in [1.807, 2.05) is 0 Å². The van der Waals surface area contributed by atoms with Crippen molar-refractivity contribution < 1.29 is 42.9 Å². The van der Waals surface area contributed by atoms with Gasteiger partial charge in [0.1, 0.15) is 13.1 Å². The fraction of sp³-hybridized carbons (Fsp3) is 1.00. The van der Waals surface area contributed by atoms with Crippen molar-refractivity contribution in [2.75, 3.05) is 54.4 Å². The normalized spacial score (nSPS) is 11.8. The van der Waals surface area contributed by atoms with Gasteiger partial charge in [0.2, 0.25) is 0 Å². The number of hydrogen-bond donors (Lipinski definition) is 0. The smallest absolute Gasteiger partial charge is 0.128 e. The predicted octanol–water partition coefficient (Wildman–Crippen LogP) is 4.55. The Morgan fingerprint density at radius 1 is 0.263 bits per heavy atom. The highest BCUT2D eigenvalue weighted by atomic mass is 79.9. The molecule has 234 valence electrons. The van der Waals surface area contributed by atoms with Gasteiger partial charge in [0, 0.05) is 0 Å². The second-order valence-electron chi connectivity index (χ2n) is 13.5. The van der Waals surface area contributed by atoms with Crippen molar-refractivity contribution in [2.45, 2.75) is 168 Å². The maximum Gasteiger partial charge on any atom is 0.128 e. The van der Waals surface area contributed by atoms with E-state index in [0.29, 0.717) is 0 Å². The summed E-state index contributed by atoms with van der Waals surface area (Å²) in [6.07, 6.45) is 34.8. The molecule has 0 aliphatic rings. The van der Waals surface area contributed by atoms with Crippen LogP contribution in [-0.2, 0) is 0 Å². The first-order valence-electron chi connectivity index (χ1n) is 17.0. The van der Waals surface area contributed by atoms with Gasteiger partial charge in [0.15, 0.2) is 0 Å². The summed E-state index contributed by atoms with van der Waals surface area (Å²) in [7, 11) is 9.84. The summed E-state index contributed by atoms with van der Waals surface area (Å²) >= 11 is 0. The third-order valence-corrected chi connectivity index (χ3v) is 8.54. The van der Waals surface area contributed by atoms with E-state index in [1.165, 1.54) is 189 Å². The molecule has 2 nitrogen and oxygen atoms in total. The summed E-state index contributed by atoms with van der Waals surface area (Å²) < 4.78 is 2.41. The van der Waals surface area contributed by atoms with Gasteiger partial charge in [-0.25, -0.2) is 0 Å². The first kappa shape index (κ1) is 43.3. The largest absolute Gasteiger partial charge is 1.00 e. The fourth-order valence-electron chi connectivity index (χ4n) is 5.53. The lowest BCUT2D eigenvalue weighted by molar-refractivity contribution is -0.946. The van der Waals surface area contributed by atoms with Crippen LogP contribution in [0.4, 0.5) is 0 Å². The van der Waals surface area contributed by atoms with Crippen molar-refractivity contribution in [3.63, 3.8) is 0 Å². The number of likely N-dealkylation sites (N-methyl/N-ethyl adjacent to an activating group) is 2. The number of halogens is 2. The lowest BCUT2D eigenvalue weighted by Crippen LogP contribution is -3.00.